The van der Waals surface area contributed by atoms with Gasteiger partial charge in [-0.1, -0.05) is 13.8 Å². The number of carbonyl (C=O) groups is 1. The van der Waals surface area contributed by atoms with Crippen LogP contribution in [0, 0.1) is 12.7 Å². The molecule has 0 saturated carbocycles. The van der Waals surface area contributed by atoms with Crippen molar-refractivity contribution >= 4 is 27.4 Å². The Hall–Kier alpha value is -3.53. The summed E-state index contributed by atoms with van der Waals surface area (Å²) in [5.41, 5.74) is 1.59. The van der Waals surface area contributed by atoms with Crippen LogP contribution in [0.3, 0.4) is 0 Å². The van der Waals surface area contributed by atoms with Gasteiger partial charge in [0.25, 0.3) is 15.9 Å². The van der Waals surface area contributed by atoms with Crippen molar-refractivity contribution in [3.8, 4) is 0 Å². The largest absolute Gasteiger partial charge is 0.353 e. The lowest BCUT2D eigenvalue weighted by Gasteiger charge is -2.35. The molecule has 35 heavy (non-hydrogen) atoms. The number of nitrogens with zero attached hydrogens (tertiary/aromatic N) is 4. The Labute approximate surface area is 204 Å². The maximum Gasteiger partial charge on any atom is 0.261 e. The SMILES string of the molecule is Cc1cc(N2CCN(C(=O)c3ccc(S(=O)(=O)Nc4ccc(F)cc4)cc3)CC2)nc(C(C)C)n1. The number of carbonyl (C=O) groups excluding carboxylic acids is 1. The highest BCUT2D eigenvalue weighted by molar-refractivity contribution is 7.92. The van der Waals surface area contributed by atoms with E-state index in [4.69, 9.17) is 0 Å². The van der Waals surface area contributed by atoms with E-state index in [-0.39, 0.29) is 22.4 Å². The Balaban J connectivity index is 1.39. The Morgan fingerprint density at radius 2 is 1.60 bits per heavy atom. The van der Waals surface area contributed by atoms with Gasteiger partial charge in [0, 0.05) is 55.1 Å². The Kier molecular flexibility index (Phi) is 7.02. The topological polar surface area (TPSA) is 95.5 Å². The number of nitrogens with one attached hydrogen (secondary N) is 1. The van der Waals surface area contributed by atoms with Gasteiger partial charge in [0.1, 0.15) is 17.5 Å². The standard InChI is InChI=1S/C25H28FN5O3S/c1-17(2)24-27-18(3)16-23(28-24)30-12-14-31(15-13-30)25(32)19-4-10-22(11-5-19)35(33,34)29-21-8-6-20(26)7-9-21/h4-11,16-17,29H,12-15H2,1-3H3. The van der Waals surface area contributed by atoms with Crippen LogP contribution in [0.15, 0.2) is 59.5 Å². The number of sulfonamides is 1. The van der Waals surface area contributed by atoms with E-state index >= 15 is 0 Å². The summed E-state index contributed by atoms with van der Waals surface area (Å²) in [6.45, 7) is 8.43. The smallest absolute Gasteiger partial charge is 0.261 e. The molecule has 1 fully saturated rings. The summed E-state index contributed by atoms with van der Waals surface area (Å²) in [5, 5.41) is 0. The summed E-state index contributed by atoms with van der Waals surface area (Å²) in [5.74, 6) is 1.30. The molecule has 0 spiro atoms. The van der Waals surface area contributed by atoms with Crippen LogP contribution in [0.25, 0.3) is 0 Å². The first kappa shape index (κ1) is 24.6. The van der Waals surface area contributed by atoms with E-state index in [1.165, 1.54) is 48.5 Å². The zero-order chi connectivity index (χ0) is 25.2. The molecule has 1 aliphatic rings. The van der Waals surface area contributed by atoms with Crippen molar-refractivity contribution < 1.29 is 17.6 Å². The molecule has 8 nitrogen and oxygen atoms in total. The van der Waals surface area contributed by atoms with Gasteiger partial charge in [0.15, 0.2) is 0 Å². The summed E-state index contributed by atoms with van der Waals surface area (Å²) < 4.78 is 40.7. The van der Waals surface area contributed by atoms with E-state index in [9.17, 15) is 17.6 Å². The monoisotopic (exact) mass is 497 g/mol. The van der Waals surface area contributed by atoms with Crippen molar-refractivity contribution in [1.29, 1.82) is 0 Å². The average Bonchev–Trinajstić information content (AvgIpc) is 2.84. The molecule has 184 valence electrons. The first-order valence-corrected chi connectivity index (χ1v) is 12.9. The lowest BCUT2D eigenvalue weighted by Crippen LogP contribution is -2.49. The second kappa shape index (κ2) is 9.99. The molecule has 0 unspecified atom stereocenters. The highest BCUT2D eigenvalue weighted by Crippen LogP contribution is 2.21. The van der Waals surface area contributed by atoms with Crippen molar-refractivity contribution in [1.82, 2.24) is 14.9 Å². The van der Waals surface area contributed by atoms with Gasteiger partial charge in [-0.25, -0.2) is 22.8 Å². The average molecular weight is 498 g/mol. The van der Waals surface area contributed by atoms with E-state index in [2.05, 4.69) is 33.4 Å². The van der Waals surface area contributed by atoms with Crippen LogP contribution >= 0.6 is 0 Å². The summed E-state index contributed by atoms with van der Waals surface area (Å²) in [4.78, 5) is 26.1. The molecule has 0 radical (unpaired) electrons. The minimum atomic E-state index is -3.86. The number of hydrogen-bond acceptors (Lipinski definition) is 6. The Bertz CT molecular complexity index is 1300. The van der Waals surface area contributed by atoms with Crippen molar-refractivity contribution in [2.24, 2.45) is 0 Å². The molecule has 0 bridgehead atoms. The van der Waals surface area contributed by atoms with Crippen molar-refractivity contribution in [2.75, 3.05) is 35.8 Å². The number of amides is 1. The molecule has 1 amide bonds. The van der Waals surface area contributed by atoms with Gasteiger partial charge < -0.3 is 9.80 Å². The van der Waals surface area contributed by atoms with E-state index in [0.29, 0.717) is 31.7 Å². The minimum absolute atomic E-state index is 0.0169. The molecular formula is C25H28FN5O3S. The molecular weight excluding hydrogens is 469 g/mol. The molecule has 1 aliphatic heterocycles. The van der Waals surface area contributed by atoms with Crippen LogP contribution in [-0.4, -0.2) is 55.4 Å². The fourth-order valence-corrected chi connectivity index (χ4v) is 4.88. The van der Waals surface area contributed by atoms with Crippen molar-refractivity contribution in [3.05, 3.63) is 77.5 Å². The molecule has 2 heterocycles. The van der Waals surface area contributed by atoms with Crippen LogP contribution in [0.5, 0.6) is 0 Å². The summed E-state index contributed by atoms with van der Waals surface area (Å²) in [6, 6.07) is 12.8. The molecule has 1 N–H and O–H groups in total. The highest BCUT2D eigenvalue weighted by Gasteiger charge is 2.24. The molecule has 3 aromatic rings. The first-order valence-electron chi connectivity index (χ1n) is 11.4. The van der Waals surface area contributed by atoms with Crippen LogP contribution in [0.4, 0.5) is 15.9 Å². The fourth-order valence-electron chi connectivity index (χ4n) is 3.82. The van der Waals surface area contributed by atoms with Gasteiger partial charge in [0.2, 0.25) is 0 Å². The number of rotatable bonds is 6. The van der Waals surface area contributed by atoms with E-state index < -0.39 is 15.8 Å². The van der Waals surface area contributed by atoms with Gasteiger partial charge >= 0.3 is 0 Å². The molecule has 2 aromatic carbocycles. The van der Waals surface area contributed by atoms with Crippen LogP contribution in [0.1, 0.15) is 41.6 Å². The normalized spacial score (nSPS) is 14.3. The quantitative estimate of drug-likeness (QED) is 0.557. The third-order valence-electron chi connectivity index (χ3n) is 5.77. The van der Waals surface area contributed by atoms with E-state index in [1.54, 1.807) is 4.90 Å². The number of anilines is 2. The molecule has 1 aromatic heterocycles. The van der Waals surface area contributed by atoms with Crippen molar-refractivity contribution in [3.63, 3.8) is 0 Å². The summed E-state index contributed by atoms with van der Waals surface area (Å²) >= 11 is 0. The number of benzene rings is 2. The second-order valence-electron chi connectivity index (χ2n) is 8.80. The maximum absolute atomic E-state index is 13.1. The lowest BCUT2D eigenvalue weighted by molar-refractivity contribution is 0.0746. The number of hydrogen-bond donors (Lipinski definition) is 1. The summed E-state index contributed by atoms with van der Waals surface area (Å²) in [7, 11) is -3.86. The van der Waals surface area contributed by atoms with Crippen LogP contribution in [0.2, 0.25) is 0 Å². The van der Waals surface area contributed by atoms with Gasteiger partial charge in [-0.3, -0.25) is 9.52 Å². The number of halogens is 1. The van der Waals surface area contributed by atoms with Crippen molar-refractivity contribution in [2.45, 2.75) is 31.6 Å². The highest BCUT2D eigenvalue weighted by atomic mass is 32.2. The number of piperazine rings is 1. The predicted molar refractivity (Wildman–Crippen MR) is 133 cm³/mol. The molecule has 0 aliphatic carbocycles. The van der Waals surface area contributed by atoms with Gasteiger partial charge in [-0.2, -0.15) is 0 Å². The molecule has 0 atom stereocenters. The lowest BCUT2D eigenvalue weighted by atomic mass is 10.1. The van der Waals surface area contributed by atoms with Crippen LogP contribution < -0.4 is 9.62 Å². The molecule has 10 heteroatoms. The third-order valence-corrected chi connectivity index (χ3v) is 7.17. The number of aryl methyl sites for hydroxylation is 1. The summed E-state index contributed by atoms with van der Waals surface area (Å²) in [6.07, 6.45) is 0. The first-order chi connectivity index (χ1) is 16.6. The van der Waals surface area contributed by atoms with E-state index in [1.807, 2.05) is 13.0 Å². The zero-order valence-corrected chi connectivity index (χ0v) is 20.7. The van der Waals surface area contributed by atoms with Crippen LogP contribution in [-0.2, 0) is 10.0 Å². The maximum atomic E-state index is 13.1. The minimum Gasteiger partial charge on any atom is -0.353 e. The zero-order valence-electron chi connectivity index (χ0n) is 19.9. The Morgan fingerprint density at radius 3 is 2.20 bits per heavy atom. The second-order valence-corrected chi connectivity index (χ2v) is 10.5. The number of aromatic nitrogens is 2. The van der Waals surface area contributed by atoms with Gasteiger partial charge in [-0.15, -0.1) is 0 Å². The molecule has 1 saturated heterocycles. The third kappa shape index (κ3) is 5.76. The Morgan fingerprint density at radius 1 is 0.971 bits per heavy atom. The van der Waals surface area contributed by atoms with Gasteiger partial charge in [0.05, 0.1) is 4.90 Å². The van der Waals surface area contributed by atoms with Gasteiger partial charge in [-0.05, 0) is 55.5 Å². The fraction of sp³-hybridized carbons (Fsp3) is 0.320. The molecule has 4 rings (SSSR count). The van der Waals surface area contributed by atoms with E-state index in [0.717, 1.165) is 17.3 Å². The predicted octanol–water partition coefficient (Wildman–Crippen LogP) is 3.81.